The summed E-state index contributed by atoms with van der Waals surface area (Å²) >= 11 is 0. The molecule has 0 amide bonds. The lowest BCUT2D eigenvalue weighted by atomic mass is 9.60. The fourth-order valence-electron chi connectivity index (χ4n) is 7.75. The SMILES string of the molecule is CC(=O)O[C@@]12[C@H](OC(=O)c3ccccc3)[C@@H](C)[C@]3(O)[C@@H]4C=C(C)C(=O)[C@@H]4CC(CO)=C[C@H]3[C@@H]1C2(C)C. The molecule has 8 atom stereocenters. The zero-order chi connectivity index (χ0) is 26.2. The summed E-state index contributed by atoms with van der Waals surface area (Å²) in [7, 11) is 0. The molecule has 1 aromatic carbocycles. The fourth-order valence-corrected chi connectivity index (χ4v) is 7.75. The van der Waals surface area contributed by atoms with Gasteiger partial charge in [0.05, 0.1) is 17.8 Å². The minimum Gasteiger partial charge on any atom is -0.454 e. The smallest absolute Gasteiger partial charge is 0.338 e. The van der Waals surface area contributed by atoms with Gasteiger partial charge in [0.2, 0.25) is 0 Å². The van der Waals surface area contributed by atoms with Gasteiger partial charge in [-0.2, -0.15) is 0 Å². The van der Waals surface area contributed by atoms with Crippen molar-refractivity contribution in [2.45, 2.75) is 58.3 Å². The maximum absolute atomic E-state index is 13.3. The Balaban J connectivity index is 1.67. The molecule has 2 saturated carbocycles. The Morgan fingerprint density at radius 3 is 2.39 bits per heavy atom. The molecule has 5 rings (SSSR count). The van der Waals surface area contributed by atoms with Crippen molar-refractivity contribution < 1.29 is 34.1 Å². The van der Waals surface area contributed by atoms with Gasteiger partial charge < -0.3 is 19.7 Å². The van der Waals surface area contributed by atoms with Crippen LogP contribution in [0.5, 0.6) is 0 Å². The summed E-state index contributed by atoms with van der Waals surface area (Å²) in [6.45, 7) is 8.59. The first kappa shape index (κ1) is 24.9. The van der Waals surface area contributed by atoms with Crippen molar-refractivity contribution in [3.63, 3.8) is 0 Å². The van der Waals surface area contributed by atoms with Crippen molar-refractivity contribution >= 4 is 17.7 Å². The minimum absolute atomic E-state index is 0.0367. The highest BCUT2D eigenvalue weighted by atomic mass is 16.6. The van der Waals surface area contributed by atoms with E-state index in [9.17, 15) is 24.6 Å². The van der Waals surface area contributed by atoms with Gasteiger partial charge >= 0.3 is 11.9 Å². The second kappa shape index (κ2) is 8.12. The maximum atomic E-state index is 13.3. The number of Topliss-reactive ketones (excluding diaryl/α,β-unsaturated/α-hetero) is 1. The number of hydrogen-bond acceptors (Lipinski definition) is 7. The molecule has 2 fully saturated rings. The van der Waals surface area contributed by atoms with E-state index >= 15 is 0 Å². The van der Waals surface area contributed by atoms with E-state index in [0.717, 1.165) is 0 Å². The predicted molar refractivity (Wildman–Crippen MR) is 131 cm³/mol. The highest BCUT2D eigenvalue weighted by Gasteiger charge is 2.87. The molecule has 192 valence electrons. The van der Waals surface area contributed by atoms with Crippen LogP contribution >= 0.6 is 0 Å². The summed E-state index contributed by atoms with van der Waals surface area (Å²) in [5, 5.41) is 22.8. The monoisotopic (exact) mass is 494 g/mol. The highest BCUT2D eigenvalue weighted by Crippen LogP contribution is 2.76. The lowest BCUT2D eigenvalue weighted by Crippen LogP contribution is -2.63. The first-order valence-corrected chi connectivity index (χ1v) is 12.6. The second-order valence-electron chi connectivity index (χ2n) is 11.5. The molecule has 0 bridgehead atoms. The van der Waals surface area contributed by atoms with E-state index < -0.39 is 58.3 Å². The average Bonchev–Trinajstić information content (AvgIpc) is 3.23. The lowest BCUT2D eigenvalue weighted by molar-refractivity contribution is -0.207. The van der Waals surface area contributed by atoms with Gasteiger partial charge in [-0.05, 0) is 36.6 Å². The number of esters is 2. The van der Waals surface area contributed by atoms with Crippen molar-refractivity contribution in [3.05, 3.63) is 59.2 Å². The van der Waals surface area contributed by atoms with E-state index in [2.05, 4.69) is 0 Å². The van der Waals surface area contributed by atoms with Crippen LogP contribution in [-0.2, 0) is 19.1 Å². The van der Waals surface area contributed by atoms with E-state index in [0.29, 0.717) is 23.1 Å². The van der Waals surface area contributed by atoms with E-state index in [-0.39, 0.29) is 18.3 Å². The quantitative estimate of drug-likeness (QED) is 0.488. The number of rotatable bonds is 4. The van der Waals surface area contributed by atoms with Crippen molar-refractivity contribution in [3.8, 4) is 0 Å². The Bertz CT molecular complexity index is 1180. The number of aliphatic hydroxyl groups excluding tert-OH is 1. The van der Waals surface area contributed by atoms with Crippen molar-refractivity contribution in [1.82, 2.24) is 0 Å². The Hall–Kier alpha value is -2.77. The summed E-state index contributed by atoms with van der Waals surface area (Å²) < 4.78 is 12.2. The van der Waals surface area contributed by atoms with Crippen molar-refractivity contribution in [2.75, 3.05) is 6.61 Å². The summed E-state index contributed by atoms with van der Waals surface area (Å²) in [4.78, 5) is 38.8. The van der Waals surface area contributed by atoms with Crippen LogP contribution in [0.3, 0.4) is 0 Å². The summed E-state index contributed by atoms with van der Waals surface area (Å²) in [5.74, 6) is -3.69. The van der Waals surface area contributed by atoms with Crippen molar-refractivity contribution in [2.24, 2.45) is 35.0 Å². The van der Waals surface area contributed by atoms with E-state index in [1.54, 1.807) is 37.3 Å². The number of ketones is 1. The molecule has 0 heterocycles. The molecule has 0 unspecified atom stereocenters. The molecule has 4 aliphatic rings. The average molecular weight is 495 g/mol. The Kier molecular flexibility index (Phi) is 5.62. The van der Waals surface area contributed by atoms with Gasteiger partial charge in [0, 0.05) is 41.9 Å². The second-order valence-corrected chi connectivity index (χ2v) is 11.5. The van der Waals surface area contributed by atoms with Crippen LogP contribution in [0.4, 0.5) is 0 Å². The zero-order valence-electron chi connectivity index (χ0n) is 21.4. The molecule has 0 aliphatic heterocycles. The van der Waals surface area contributed by atoms with Crippen LogP contribution < -0.4 is 0 Å². The van der Waals surface area contributed by atoms with Gasteiger partial charge in [0.1, 0.15) is 6.10 Å². The van der Waals surface area contributed by atoms with Gasteiger partial charge in [-0.1, -0.05) is 51.1 Å². The molecule has 4 aliphatic carbocycles. The van der Waals surface area contributed by atoms with E-state index in [1.165, 1.54) is 6.92 Å². The number of allylic oxidation sites excluding steroid dienone is 1. The first-order chi connectivity index (χ1) is 16.9. The molecule has 7 nitrogen and oxygen atoms in total. The third-order valence-electron chi connectivity index (χ3n) is 9.44. The number of benzene rings is 1. The number of carbonyl (C=O) groups is 3. The summed E-state index contributed by atoms with van der Waals surface area (Å²) in [5.41, 5.74) is -1.61. The Morgan fingerprint density at radius 2 is 1.78 bits per heavy atom. The normalized spacial score (nSPS) is 40.0. The van der Waals surface area contributed by atoms with Gasteiger partial charge in [0.15, 0.2) is 11.4 Å². The van der Waals surface area contributed by atoms with Crippen LogP contribution in [0.25, 0.3) is 0 Å². The Labute approximate surface area is 211 Å². The summed E-state index contributed by atoms with van der Waals surface area (Å²) in [6.07, 6.45) is 3.14. The lowest BCUT2D eigenvalue weighted by Gasteiger charge is -2.52. The minimum atomic E-state index is -1.46. The molecule has 0 radical (unpaired) electrons. The number of carbonyl (C=O) groups excluding carboxylic acids is 3. The van der Waals surface area contributed by atoms with E-state index in [4.69, 9.17) is 9.47 Å². The van der Waals surface area contributed by atoms with E-state index in [1.807, 2.05) is 32.9 Å². The zero-order valence-corrected chi connectivity index (χ0v) is 21.4. The van der Waals surface area contributed by atoms with Gasteiger partial charge in [-0.25, -0.2) is 4.79 Å². The van der Waals surface area contributed by atoms with Crippen LogP contribution in [-0.4, -0.2) is 51.8 Å². The maximum Gasteiger partial charge on any atom is 0.338 e. The fraction of sp³-hybridized carbons (Fsp3) is 0.552. The van der Waals surface area contributed by atoms with Gasteiger partial charge in [0.25, 0.3) is 0 Å². The molecular weight excluding hydrogens is 460 g/mol. The van der Waals surface area contributed by atoms with Crippen LogP contribution in [0, 0.1) is 35.0 Å². The number of ether oxygens (including phenoxy) is 2. The molecule has 0 spiro atoms. The topological polar surface area (TPSA) is 110 Å². The standard InChI is InChI=1S/C29H34O7/c1-15-11-21-20(23(15)32)12-18(14-30)13-22-24-27(4,5)29(24,36-17(3)31)25(16(2)28(21,22)34)35-26(33)19-9-7-6-8-10-19/h6-11,13,16,20-22,24-25,30,34H,12,14H2,1-5H3/t16-,20-,21-,22+,24-,25-,28+,29-/m1/s1. The molecule has 36 heavy (non-hydrogen) atoms. The number of aliphatic hydroxyl groups is 2. The number of hydrogen-bond donors (Lipinski definition) is 2. The Morgan fingerprint density at radius 1 is 1.11 bits per heavy atom. The van der Waals surface area contributed by atoms with Gasteiger partial charge in [-0.15, -0.1) is 0 Å². The van der Waals surface area contributed by atoms with Crippen LogP contribution in [0.2, 0.25) is 0 Å². The highest BCUT2D eigenvalue weighted by molar-refractivity contribution is 6.00. The molecule has 0 aromatic heterocycles. The number of fused-ring (bicyclic) bond motifs is 5. The molecule has 1 aromatic rings. The molecular formula is C29H34O7. The molecule has 7 heteroatoms. The van der Waals surface area contributed by atoms with Gasteiger partial charge in [-0.3, -0.25) is 9.59 Å². The molecule has 0 saturated heterocycles. The third-order valence-corrected chi connectivity index (χ3v) is 9.44. The summed E-state index contributed by atoms with van der Waals surface area (Å²) in [6, 6.07) is 8.59. The predicted octanol–water partition coefficient (Wildman–Crippen LogP) is 3.25. The third kappa shape index (κ3) is 3.15. The van der Waals surface area contributed by atoms with Crippen molar-refractivity contribution in [1.29, 1.82) is 0 Å². The largest absolute Gasteiger partial charge is 0.454 e. The van der Waals surface area contributed by atoms with Crippen LogP contribution in [0.1, 0.15) is 51.4 Å². The first-order valence-electron chi connectivity index (χ1n) is 12.6. The van der Waals surface area contributed by atoms with Crippen LogP contribution in [0.15, 0.2) is 53.6 Å². The molecule has 2 N–H and O–H groups in total.